The number of carbonyl (C=O) groups is 6. The maximum absolute atomic E-state index is 10.0. The summed E-state index contributed by atoms with van der Waals surface area (Å²) in [6, 6.07) is -1.68. The molecule has 0 atom stereocenters. The van der Waals surface area contributed by atoms with Crippen molar-refractivity contribution in [1.82, 2.24) is 21.5 Å². The van der Waals surface area contributed by atoms with Crippen LogP contribution in [0.1, 0.15) is 13.8 Å². The van der Waals surface area contributed by atoms with E-state index in [1.807, 2.05) is 10.6 Å². The van der Waals surface area contributed by atoms with Gasteiger partial charge in [-0.25, -0.2) is 29.8 Å². The minimum absolute atomic E-state index is 0.384. The van der Waals surface area contributed by atoms with Gasteiger partial charge in [-0.05, 0) is 13.8 Å². The number of urea groups is 4. The molecule has 0 aromatic carbocycles. The second-order valence-corrected chi connectivity index (χ2v) is 3.20. The number of hydrogen-bond donors (Lipinski definition) is 6. The molecule has 8 amide bonds. The average Bonchev–Trinajstić information content (AvgIpc) is 2.86. The van der Waals surface area contributed by atoms with Crippen LogP contribution >= 0.6 is 0 Å². The SMILES string of the molecule is CC(=O)[O-].CC(=O)[O-].O=C1N[NH2+]C(=O)N1.O=C1N[NH2+]C(=O)N1. The highest BCUT2D eigenvalue weighted by Crippen LogP contribution is 1.60. The number of nitrogens with two attached hydrogens (primary N) is 2. The highest BCUT2D eigenvalue weighted by atomic mass is 16.4. The predicted octanol–water partition coefficient (Wildman–Crippen LogP) is -6.69. The normalized spacial score (nSPS) is 14.3. The molecule has 0 aromatic rings. The molecular weight excluding hydrogens is 308 g/mol. The standard InChI is InChI=1S/2C2H3N3O2.2C2H4O2/c2*6-1-3-2(7)5-4-1;2*1-2(3)4/h2*(H3,3,4,5,6,7);2*1H3,(H,3,4). The first-order valence-corrected chi connectivity index (χ1v) is 5.29. The number of quaternary nitrogens is 2. The molecule has 2 fully saturated rings. The fourth-order valence-electron chi connectivity index (χ4n) is 0.630. The van der Waals surface area contributed by atoms with E-state index in [0.29, 0.717) is 0 Å². The van der Waals surface area contributed by atoms with Crippen molar-refractivity contribution in [2.45, 2.75) is 13.8 Å². The largest absolute Gasteiger partial charge is 0.550 e. The maximum Gasteiger partial charge on any atom is 0.446 e. The molecular formula is C8H14N6O8. The van der Waals surface area contributed by atoms with Crippen LogP contribution in [0.4, 0.5) is 19.2 Å². The lowest BCUT2D eigenvalue weighted by Crippen LogP contribution is -2.92. The van der Waals surface area contributed by atoms with Crippen molar-refractivity contribution in [1.29, 1.82) is 0 Å². The third kappa shape index (κ3) is 19.1. The number of rotatable bonds is 0. The molecule has 8 N–H and O–H groups in total. The third-order valence-corrected chi connectivity index (χ3v) is 1.14. The first-order valence-electron chi connectivity index (χ1n) is 5.29. The molecule has 2 aliphatic heterocycles. The molecule has 0 saturated carbocycles. The lowest BCUT2D eigenvalue weighted by Gasteiger charge is -1.77. The Morgan fingerprint density at radius 1 is 0.773 bits per heavy atom. The smallest absolute Gasteiger partial charge is 0.446 e. The van der Waals surface area contributed by atoms with E-state index in [2.05, 4.69) is 10.9 Å². The Morgan fingerprint density at radius 2 is 1.00 bits per heavy atom. The molecule has 0 aromatic heterocycles. The van der Waals surface area contributed by atoms with E-state index in [4.69, 9.17) is 19.8 Å². The molecule has 124 valence electrons. The number of nitrogens with one attached hydrogen (secondary N) is 4. The molecule has 14 nitrogen and oxygen atoms in total. The van der Waals surface area contributed by atoms with Crippen molar-refractivity contribution < 1.29 is 49.8 Å². The number of primary amides is 2. The van der Waals surface area contributed by atoms with Crippen LogP contribution in [-0.4, -0.2) is 36.1 Å². The predicted molar refractivity (Wildman–Crippen MR) is 59.3 cm³/mol. The van der Waals surface area contributed by atoms with Crippen molar-refractivity contribution in [3.8, 4) is 0 Å². The van der Waals surface area contributed by atoms with Crippen molar-refractivity contribution in [3.05, 3.63) is 0 Å². The van der Waals surface area contributed by atoms with Gasteiger partial charge in [0.05, 0.1) is 0 Å². The van der Waals surface area contributed by atoms with Gasteiger partial charge in [-0.15, -0.1) is 0 Å². The van der Waals surface area contributed by atoms with E-state index in [0.717, 1.165) is 24.7 Å². The van der Waals surface area contributed by atoms with E-state index >= 15 is 0 Å². The summed E-state index contributed by atoms with van der Waals surface area (Å²) in [7, 11) is 0. The highest BCUT2D eigenvalue weighted by molar-refractivity contribution is 5.92. The molecule has 2 rings (SSSR count). The fraction of sp³-hybridized carbons (Fsp3) is 0.250. The summed E-state index contributed by atoms with van der Waals surface area (Å²) in [5, 5.41) is 21.7. The van der Waals surface area contributed by atoms with Gasteiger partial charge in [-0.2, -0.15) is 21.7 Å². The van der Waals surface area contributed by atoms with Crippen molar-refractivity contribution in [3.63, 3.8) is 0 Å². The highest BCUT2D eigenvalue weighted by Gasteiger charge is 2.20. The maximum atomic E-state index is 10.0. The van der Waals surface area contributed by atoms with Crippen molar-refractivity contribution in [2.24, 2.45) is 0 Å². The van der Waals surface area contributed by atoms with E-state index in [1.54, 1.807) is 0 Å². The van der Waals surface area contributed by atoms with Crippen molar-refractivity contribution in [2.75, 3.05) is 0 Å². The Morgan fingerprint density at radius 3 is 1.05 bits per heavy atom. The summed E-state index contributed by atoms with van der Waals surface area (Å²) in [6.07, 6.45) is 0. The van der Waals surface area contributed by atoms with Gasteiger partial charge in [0.1, 0.15) is 0 Å². The van der Waals surface area contributed by atoms with Gasteiger partial charge in [-0.1, -0.05) is 0 Å². The Labute approximate surface area is 122 Å². The Kier molecular flexibility index (Phi) is 11.1. The van der Waals surface area contributed by atoms with Crippen LogP contribution in [0.25, 0.3) is 0 Å². The number of hydrogen-bond acceptors (Lipinski definition) is 8. The lowest BCUT2D eigenvalue weighted by molar-refractivity contribution is -0.592. The number of carboxylic acids is 2. The first kappa shape index (κ1) is 21.0. The van der Waals surface area contributed by atoms with Crippen LogP contribution in [-0.2, 0) is 9.59 Å². The van der Waals surface area contributed by atoms with Gasteiger partial charge in [0.2, 0.25) is 0 Å². The van der Waals surface area contributed by atoms with Gasteiger partial charge in [0.25, 0.3) is 0 Å². The van der Waals surface area contributed by atoms with Crippen LogP contribution < -0.4 is 42.5 Å². The van der Waals surface area contributed by atoms with Gasteiger partial charge in [0.15, 0.2) is 0 Å². The number of aliphatic carboxylic acids is 2. The van der Waals surface area contributed by atoms with E-state index in [-0.39, 0.29) is 12.1 Å². The number of imide groups is 2. The fourth-order valence-corrected chi connectivity index (χ4v) is 0.630. The summed E-state index contributed by atoms with van der Waals surface area (Å²) in [4.78, 5) is 57.7. The van der Waals surface area contributed by atoms with Gasteiger partial charge in [0, 0.05) is 11.9 Å². The van der Waals surface area contributed by atoms with Gasteiger partial charge >= 0.3 is 24.1 Å². The zero-order valence-electron chi connectivity index (χ0n) is 11.4. The molecule has 14 heteroatoms. The lowest BCUT2D eigenvalue weighted by atomic mass is 10.9. The number of carbonyl (C=O) groups excluding carboxylic acids is 6. The summed E-state index contributed by atoms with van der Waals surface area (Å²) in [5.41, 5.74) is 6.43. The topological polar surface area (TPSA) is 230 Å². The zero-order valence-corrected chi connectivity index (χ0v) is 11.4. The Hall–Kier alpha value is -3.26. The van der Waals surface area contributed by atoms with Crippen LogP contribution in [0.3, 0.4) is 0 Å². The van der Waals surface area contributed by atoms with E-state index < -0.39 is 24.0 Å². The van der Waals surface area contributed by atoms with Crippen LogP contribution in [0, 0.1) is 0 Å². The molecule has 0 bridgehead atoms. The monoisotopic (exact) mass is 322 g/mol. The molecule has 2 aliphatic rings. The minimum atomic E-state index is -1.08. The zero-order chi connectivity index (χ0) is 17.7. The molecule has 0 aliphatic carbocycles. The summed E-state index contributed by atoms with van der Waals surface area (Å²) >= 11 is 0. The van der Waals surface area contributed by atoms with Crippen LogP contribution in [0.5, 0.6) is 0 Å². The van der Waals surface area contributed by atoms with Gasteiger partial charge < -0.3 is 19.8 Å². The third-order valence-electron chi connectivity index (χ3n) is 1.14. The Bertz CT molecular complexity index is 386. The van der Waals surface area contributed by atoms with E-state index in [1.165, 1.54) is 0 Å². The van der Waals surface area contributed by atoms with Crippen LogP contribution in [0.15, 0.2) is 0 Å². The average molecular weight is 322 g/mol. The molecule has 0 radical (unpaired) electrons. The quantitative estimate of drug-likeness (QED) is 0.185. The summed E-state index contributed by atoms with van der Waals surface area (Å²) in [5.74, 6) is -2.17. The molecule has 0 spiro atoms. The van der Waals surface area contributed by atoms with Gasteiger partial charge in [-0.3, -0.25) is 0 Å². The van der Waals surface area contributed by atoms with Crippen molar-refractivity contribution >= 4 is 36.1 Å². The first-order chi connectivity index (χ1) is 10.0. The minimum Gasteiger partial charge on any atom is -0.550 e. The Balaban J connectivity index is 0. The number of carboxylic acid groups (broad SMARTS) is 2. The summed E-state index contributed by atoms with van der Waals surface area (Å²) < 4.78 is 0. The number of amides is 8. The van der Waals surface area contributed by atoms with E-state index in [9.17, 15) is 19.2 Å². The molecule has 2 heterocycles. The second kappa shape index (κ2) is 11.6. The summed E-state index contributed by atoms with van der Waals surface area (Å²) in [6.45, 7) is 1.94. The molecule has 22 heavy (non-hydrogen) atoms. The molecule has 0 unspecified atom stereocenters. The van der Waals surface area contributed by atoms with Crippen LogP contribution in [0.2, 0.25) is 0 Å². The molecule has 2 saturated heterocycles. The second-order valence-electron chi connectivity index (χ2n) is 3.20.